The van der Waals surface area contributed by atoms with Crippen LogP contribution in [0.25, 0.3) is 0 Å². The molecule has 2 aromatic carbocycles. The molecular weight excluding hydrogens is 279 g/mol. The van der Waals surface area contributed by atoms with E-state index in [4.69, 9.17) is 4.74 Å². The first-order chi connectivity index (χ1) is 10.0. The van der Waals surface area contributed by atoms with E-state index in [1.807, 2.05) is 0 Å². The lowest BCUT2D eigenvalue weighted by Gasteiger charge is -2.11. The molecular formula is C14H13FN2O4. The van der Waals surface area contributed by atoms with Gasteiger partial charge < -0.3 is 15.2 Å². The minimum absolute atomic E-state index is 0.0437. The van der Waals surface area contributed by atoms with Gasteiger partial charge in [0, 0.05) is 24.2 Å². The van der Waals surface area contributed by atoms with Crippen molar-refractivity contribution in [3.05, 3.63) is 57.9 Å². The quantitative estimate of drug-likeness (QED) is 0.653. The molecule has 0 aliphatic carbocycles. The molecule has 6 nitrogen and oxygen atoms in total. The van der Waals surface area contributed by atoms with Crippen molar-refractivity contribution in [1.29, 1.82) is 0 Å². The van der Waals surface area contributed by atoms with E-state index in [-0.39, 0.29) is 23.7 Å². The topological polar surface area (TPSA) is 84.6 Å². The summed E-state index contributed by atoms with van der Waals surface area (Å²) in [5, 5.41) is 23.6. The van der Waals surface area contributed by atoms with Gasteiger partial charge in [0.1, 0.15) is 11.5 Å². The Bertz CT molecular complexity index is 676. The highest BCUT2D eigenvalue weighted by Gasteiger charge is 2.15. The van der Waals surface area contributed by atoms with Gasteiger partial charge in [0.2, 0.25) is 0 Å². The minimum atomic E-state index is -0.604. The number of para-hydroxylation sites is 1. The van der Waals surface area contributed by atoms with E-state index in [0.717, 1.165) is 18.2 Å². The maximum absolute atomic E-state index is 13.2. The second-order valence-corrected chi connectivity index (χ2v) is 4.24. The summed E-state index contributed by atoms with van der Waals surface area (Å²) in [6, 6.07) is 8.04. The van der Waals surface area contributed by atoms with Crippen molar-refractivity contribution in [3.63, 3.8) is 0 Å². The number of ether oxygens (including phenoxy) is 1. The van der Waals surface area contributed by atoms with Crippen LogP contribution in [0.4, 0.5) is 15.8 Å². The van der Waals surface area contributed by atoms with Crippen molar-refractivity contribution in [2.24, 2.45) is 0 Å². The van der Waals surface area contributed by atoms with Crippen molar-refractivity contribution < 1.29 is 19.2 Å². The predicted octanol–water partition coefficient (Wildman–Crippen LogP) is 3.06. The normalized spacial score (nSPS) is 10.2. The van der Waals surface area contributed by atoms with Gasteiger partial charge in [0.15, 0.2) is 11.5 Å². The number of phenolic OH excluding ortho intramolecular Hbond substituents is 1. The van der Waals surface area contributed by atoms with Crippen LogP contribution in [0.5, 0.6) is 11.5 Å². The number of nitrogens with zero attached hydrogens (tertiary/aromatic N) is 1. The lowest BCUT2D eigenvalue weighted by atomic mass is 10.1. The number of nitrogens with one attached hydrogen (secondary N) is 1. The number of aromatic hydroxyl groups is 1. The zero-order valence-corrected chi connectivity index (χ0v) is 11.2. The molecule has 0 aromatic heterocycles. The number of nitro benzene ring substituents is 1. The Morgan fingerprint density at radius 2 is 2.14 bits per heavy atom. The van der Waals surface area contributed by atoms with Crippen molar-refractivity contribution in [2.45, 2.75) is 6.54 Å². The summed E-state index contributed by atoms with van der Waals surface area (Å²) in [7, 11) is 1.42. The van der Waals surface area contributed by atoms with Gasteiger partial charge in [-0.25, -0.2) is 4.39 Å². The zero-order valence-electron chi connectivity index (χ0n) is 11.2. The average Bonchev–Trinajstić information content (AvgIpc) is 2.46. The van der Waals surface area contributed by atoms with E-state index in [1.165, 1.54) is 7.11 Å². The summed E-state index contributed by atoms with van der Waals surface area (Å²) in [6.45, 7) is 0.0906. The summed E-state index contributed by atoms with van der Waals surface area (Å²) in [5.74, 6) is -0.354. The average molecular weight is 292 g/mol. The maximum Gasteiger partial charge on any atom is 0.292 e. The van der Waals surface area contributed by atoms with Gasteiger partial charge in [-0.15, -0.1) is 0 Å². The van der Waals surface area contributed by atoms with E-state index in [1.54, 1.807) is 18.2 Å². The SMILES string of the molecule is COc1cccc(CNc2cc(F)ccc2[N+](=O)[O-])c1O. The zero-order chi connectivity index (χ0) is 15.4. The van der Waals surface area contributed by atoms with Crippen LogP contribution in [-0.2, 0) is 6.54 Å². The van der Waals surface area contributed by atoms with E-state index in [2.05, 4.69) is 5.32 Å². The Morgan fingerprint density at radius 1 is 1.38 bits per heavy atom. The summed E-state index contributed by atoms with van der Waals surface area (Å²) >= 11 is 0. The van der Waals surface area contributed by atoms with E-state index in [0.29, 0.717) is 11.3 Å². The second kappa shape index (κ2) is 6.08. The second-order valence-electron chi connectivity index (χ2n) is 4.24. The van der Waals surface area contributed by atoms with Gasteiger partial charge in [-0.2, -0.15) is 0 Å². The highest BCUT2D eigenvalue weighted by molar-refractivity contribution is 5.62. The highest BCUT2D eigenvalue weighted by atomic mass is 19.1. The summed E-state index contributed by atoms with van der Waals surface area (Å²) in [5.41, 5.74) is 0.286. The number of rotatable bonds is 5. The van der Waals surface area contributed by atoms with Crippen LogP contribution in [0.2, 0.25) is 0 Å². The molecule has 0 aliphatic heterocycles. The van der Waals surface area contributed by atoms with Gasteiger partial charge in [-0.3, -0.25) is 10.1 Å². The molecule has 2 aromatic rings. The third-order valence-electron chi connectivity index (χ3n) is 2.93. The van der Waals surface area contributed by atoms with E-state index < -0.39 is 10.7 Å². The number of halogens is 1. The number of benzene rings is 2. The maximum atomic E-state index is 13.2. The lowest BCUT2D eigenvalue weighted by Crippen LogP contribution is -2.03. The summed E-state index contributed by atoms with van der Waals surface area (Å²) in [4.78, 5) is 10.3. The van der Waals surface area contributed by atoms with Crippen molar-refractivity contribution >= 4 is 11.4 Å². The van der Waals surface area contributed by atoms with E-state index >= 15 is 0 Å². The van der Waals surface area contributed by atoms with Crippen LogP contribution in [0.1, 0.15) is 5.56 Å². The number of hydrogen-bond acceptors (Lipinski definition) is 5. The lowest BCUT2D eigenvalue weighted by molar-refractivity contribution is -0.384. The molecule has 0 saturated carbocycles. The monoisotopic (exact) mass is 292 g/mol. The first kappa shape index (κ1) is 14.6. The smallest absolute Gasteiger partial charge is 0.292 e. The third kappa shape index (κ3) is 3.19. The number of phenols is 1. The molecule has 7 heteroatoms. The van der Waals surface area contributed by atoms with Crippen molar-refractivity contribution in [2.75, 3.05) is 12.4 Å². The fourth-order valence-electron chi connectivity index (χ4n) is 1.87. The molecule has 0 fully saturated rings. The molecule has 0 unspecified atom stereocenters. The third-order valence-corrected chi connectivity index (χ3v) is 2.93. The number of nitro groups is 1. The Morgan fingerprint density at radius 3 is 2.81 bits per heavy atom. The first-order valence-electron chi connectivity index (χ1n) is 6.05. The van der Waals surface area contributed by atoms with Gasteiger partial charge in [0.25, 0.3) is 5.69 Å². The summed E-state index contributed by atoms with van der Waals surface area (Å²) in [6.07, 6.45) is 0. The van der Waals surface area contributed by atoms with Crippen LogP contribution in [-0.4, -0.2) is 17.1 Å². The standard InChI is InChI=1S/C14H13FN2O4/c1-21-13-4-2-3-9(14(13)18)8-16-11-7-10(15)5-6-12(11)17(19)20/h2-7,16,18H,8H2,1H3. The first-order valence-corrected chi connectivity index (χ1v) is 6.05. The van der Waals surface area contributed by atoms with E-state index in [9.17, 15) is 19.6 Å². The van der Waals surface area contributed by atoms with Crippen molar-refractivity contribution in [3.8, 4) is 11.5 Å². The molecule has 2 rings (SSSR count). The number of methoxy groups -OCH3 is 1. The largest absolute Gasteiger partial charge is 0.504 e. The molecule has 0 spiro atoms. The fraction of sp³-hybridized carbons (Fsp3) is 0.143. The molecule has 0 atom stereocenters. The molecule has 0 radical (unpaired) electrons. The van der Waals surface area contributed by atoms with Gasteiger partial charge in [-0.1, -0.05) is 12.1 Å². The molecule has 2 N–H and O–H groups in total. The molecule has 0 saturated heterocycles. The molecule has 0 bridgehead atoms. The van der Waals surface area contributed by atoms with Gasteiger partial charge in [-0.05, 0) is 12.1 Å². The van der Waals surface area contributed by atoms with Crippen molar-refractivity contribution in [1.82, 2.24) is 0 Å². The predicted molar refractivity (Wildman–Crippen MR) is 75.0 cm³/mol. The van der Waals surface area contributed by atoms with Crippen LogP contribution in [0.15, 0.2) is 36.4 Å². The molecule has 21 heavy (non-hydrogen) atoms. The summed E-state index contributed by atoms with van der Waals surface area (Å²) < 4.78 is 18.2. The minimum Gasteiger partial charge on any atom is -0.504 e. The van der Waals surface area contributed by atoms with Gasteiger partial charge in [0.05, 0.1) is 12.0 Å². The molecule has 0 aliphatic rings. The Labute approximate surface area is 119 Å². The molecule has 110 valence electrons. The van der Waals surface area contributed by atoms with Gasteiger partial charge >= 0.3 is 0 Å². The Hall–Kier alpha value is -2.83. The number of hydrogen-bond donors (Lipinski definition) is 2. The Balaban J connectivity index is 2.24. The Kier molecular flexibility index (Phi) is 4.22. The molecule has 0 heterocycles. The highest BCUT2D eigenvalue weighted by Crippen LogP contribution is 2.31. The van der Waals surface area contributed by atoms with Crippen LogP contribution in [0, 0.1) is 15.9 Å². The fourth-order valence-corrected chi connectivity index (χ4v) is 1.87. The van der Waals surface area contributed by atoms with Crippen LogP contribution < -0.4 is 10.1 Å². The molecule has 0 amide bonds. The van der Waals surface area contributed by atoms with Crippen LogP contribution >= 0.6 is 0 Å². The number of anilines is 1. The van der Waals surface area contributed by atoms with Crippen LogP contribution in [0.3, 0.4) is 0 Å².